The average Bonchev–Trinajstić information content (AvgIpc) is 2.72. The second-order valence-corrected chi connectivity index (χ2v) is 8.32. The van der Waals surface area contributed by atoms with E-state index in [2.05, 4.69) is 36.4 Å². The van der Waals surface area contributed by atoms with Gasteiger partial charge in [-0.3, -0.25) is 0 Å². The molecule has 1 aliphatic heterocycles. The van der Waals surface area contributed by atoms with Crippen molar-refractivity contribution in [1.29, 1.82) is 0 Å². The van der Waals surface area contributed by atoms with Crippen LogP contribution < -0.4 is 19.5 Å². The molecule has 0 bridgehead atoms. The molecule has 0 aromatic heterocycles. The van der Waals surface area contributed by atoms with E-state index in [1.807, 2.05) is 26.0 Å². The molecular formula is C24H33ClN2O3. The molecule has 0 radical (unpaired) electrons. The summed E-state index contributed by atoms with van der Waals surface area (Å²) in [6.45, 7) is 7.11. The Hall–Kier alpha value is -1.95. The van der Waals surface area contributed by atoms with Crippen molar-refractivity contribution >= 4 is 11.6 Å². The van der Waals surface area contributed by atoms with E-state index >= 15 is 0 Å². The van der Waals surface area contributed by atoms with Crippen LogP contribution in [0.15, 0.2) is 24.3 Å². The topological polar surface area (TPSA) is 43.0 Å². The molecule has 3 rings (SSSR count). The molecule has 164 valence electrons. The van der Waals surface area contributed by atoms with Gasteiger partial charge in [0, 0.05) is 23.7 Å². The van der Waals surface area contributed by atoms with E-state index in [9.17, 15) is 0 Å². The molecule has 2 aromatic carbocycles. The fourth-order valence-electron chi connectivity index (χ4n) is 3.85. The van der Waals surface area contributed by atoms with E-state index in [0.29, 0.717) is 13.2 Å². The lowest BCUT2D eigenvalue weighted by molar-refractivity contribution is 0.267. The van der Waals surface area contributed by atoms with Gasteiger partial charge in [-0.05, 0) is 81.7 Å². The fraction of sp³-hybridized carbons (Fsp3) is 0.500. The highest BCUT2D eigenvalue weighted by atomic mass is 35.5. The standard InChI is InChI=1S/C24H33ClN2O3/c1-6-29-21-12-16(2)20(25)14-19(21)24-18-15-23(30-11-7-10-27(3)4)22(28-5)13-17(18)8-9-26-24/h12-15,24,26H,6-11H2,1-5H3. The van der Waals surface area contributed by atoms with Crippen LogP contribution in [0.1, 0.15) is 41.6 Å². The van der Waals surface area contributed by atoms with Crippen molar-refractivity contribution in [3.8, 4) is 17.2 Å². The second-order valence-electron chi connectivity index (χ2n) is 7.92. The van der Waals surface area contributed by atoms with Gasteiger partial charge in [0.05, 0.1) is 26.4 Å². The zero-order chi connectivity index (χ0) is 21.7. The molecule has 0 saturated heterocycles. The summed E-state index contributed by atoms with van der Waals surface area (Å²) < 4.78 is 17.7. The molecule has 0 fully saturated rings. The normalized spacial score (nSPS) is 15.8. The Labute approximate surface area is 185 Å². The Bertz CT molecular complexity index is 870. The first-order valence-corrected chi connectivity index (χ1v) is 11.0. The molecule has 2 aromatic rings. The van der Waals surface area contributed by atoms with Crippen LogP contribution in [0.5, 0.6) is 17.2 Å². The number of rotatable bonds is 9. The van der Waals surface area contributed by atoms with E-state index < -0.39 is 0 Å². The summed E-state index contributed by atoms with van der Waals surface area (Å²) in [7, 11) is 5.83. The van der Waals surface area contributed by atoms with Gasteiger partial charge < -0.3 is 24.4 Å². The lowest BCUT2D eigenvalue weighted by Gasteiger charge is -2.30. The molecule has 1 atom stereocenters. The average molecular weight is 433 g/mol. The van der Waals surface area contributed by atoms with Gasteiger partial charge in [0.15, 0.2) is 11.5 Å². The zero-order valence-electron chi connectivity index (χ0n) is 18.7. The Morgan fingerprint density at radius 2 is 1.87 bits per heavy atom. The van der Waals surface area contributed by atoms with Gasteiger partial charge >= 0.3 is 0 Å². The molecule has 6 heteroatoms. The maximum atomic E-state index is 6.49. The number of ether oxygens (including phenoxy) is 3. The van der Waals surface area contributed by atoms with Crippen LogP contribution in [-0.2, 0) is 6.42 Å². The maximum absolute atomic E-state index is 6.49. The largest absolute Gasteiger partial charge is 0.494 e. The Morgan fingerprint density at radius 3 is 2.57 bits per heavy atom. The van der Waals surface area contributed by atoms with E-state index in [1.165, 1.54) is 11.1 Å². The van der Waals surface area contributed by atoms with Crippen molar-refractivity contribution in [3.63, 3.8) is 0 Å². The number of methoxy groups -OCH3 is 1. The highest BCUT2D eigenvalue weighted by molar-refractivity contribution is 6.31. The Morgan fingerprint density at radius 1 is 1.07 bits per heavy atom. The van der Waals surface area contributed by atoms with E-state index in [0.717, 1.165) is 59.3 Å². The first-order valence-electron chi connectivity index (χ1n) is 10.6. The minimum atomic E-state index is -0.0107. The molecule has 5 nitrogen and oxygen atoms in total. The van der Waals surface area contributed by atoms with Crippen LogP contribution in [0.2, 0.25) is 5.02 Å². The highest BCUT2D eigenvalue weighted by Gasteiger charge is 2.27. The minimum Gasteiger partial charge on any atom is -0.494 e. The number of benzene rings is 2. The lowest BCUT2D eigenvalue weighted by atomic mass is 9.88. The number of nitrogens with zero attached hydrogens (tertiary/aromatic N) is 1. The summed E-state index contributed by atoms with van der Waals surface area (Å²) >= 11 is 6.49. The molecule has 1 unspecified atom stereocenters. The number of halogens is 1. The fourth-order valence-corrected chi connectivity index (χ4v) is 4.03. The summed E-state index contributed by atoms with van der Waals surface area (Å²) in [4.78, 5) is 2.16. The van der Waals surface area contributed by atoms with Crippen LogP contribution >= 0.6 is 11.6 Å². The van der Waals surface area contributed by atoms with Crippen molar-refractivity contribution < 1.29 is 14.2 Å². The summed E-state index contributed by atoms with van der Waals surface area (Å²) in [6.07, 6.45) is 1.89. The van der Waals surface area contributed by atoms with Gasteiger partial charge in [0.25, 0.3) is 0 Å². The minimum absolute atomic E-state index is 0.0107. The molecule has 1 aliphatic rings. The molecule has 0 amide bonds. The van der Waals surface area contributed by atoms with Gasteiger partial charge in [0.2, 0.25) is 0 Å². The third-order valence-corrected chi connectivity index (χ3v) is 5.80. The summed E-state index contributed by atoms with van der Waals surface area (Å²) in [6, 6.07) is 8.27. The van der Waals surface area contributed by atoms with Crippen LogP contribution in [0.4, 0.5) is 0 Å². The van der Waals surface area contributed by atoms with Crippen LogP contribution in [0.3, 0.4) is 0 Å². The Kier molecular flexibility index (Phi) is 7.87. The smallest absolute Gasteiger partial charge is 0.161 e. The molecule has 1 heterocycles. The molecule has 0 aliphatic carbocycles. The number of hydrogen-bond donors (Lipinski definition) is 1. The highest BCUT2D eigenvalue weighted by Crippen LogP contribution is 2.41. The quantitative estimate of drug-likeness (QED) is 0.585. The SMILES string of the molecule is CCOc1cc(C)c(Cl)cc1C1NCCc2cc(OC)c(OCCCN(C)C)cc21. The first kappa shape index (κ1) is 22.7. The summed E-state index contributed by atoms with van der Waals surface area (Å²) in [5.74, 6) is 2.43. The van der Waals surface area contributed by atoms with Gasteiger partial charge in [-0.2, -0.15) is 0 Å². The van der Waals surface area contributed by atoms with Crippen LogP contribution in [0, 0.1) is 6.92 Å². The predicted octanol–water partition coefficient (Wildman–Crippen LogP) is 4.62. The summed E-state index contributed by atoms with van der Waals surface area (Å²) in [5.41, 5.74) is 4.51. The maximum Gasteiger partial charge on any atom is 0.161 e. The molecule has 30 heavy (non-hydrogen) atoms. The van der Waals surface area contributed by atoms with Gasteiger partial charge in [-0.15, -0.1) is 0 Å². The lowest BCUT2D eigenvalue weighted by Crippen LogP contribution is -2.31. The monoisotopic (exact) mass is 432 g/mol. The van der Waals surface area contributed by atoms with Crippen molar-refractivity contribution in [2.45, 2.75) is 32.7 Å². The van der Waals surface area contributed by atoms with Gasteiger partial charge in [-0.1, -0.05) is 11.6 Å². The number of hydrogen-bond acceptors (Lipinski definition) is 5. The third-order valence-electron chi connectivity index (χ3n) is 5.39. The van der Waals surface area contributed by atoms with E-state index in [1.54, 1.807) is 7.11 Å². The van der Waals surface area contributed by atoms with Crippen molar-refractivity contribution in [3.05, 3.63) is 51.5 Å². The number of aryl methyl sites for hydroxylation is 1. The van der Waals surface area contributed by atoms with Gasteiger partial charge in [-0.25, -0.2) is 0 Å². The number of nitrogens with one attached hydrogen (secondary N) is 1. The van der Waals surface area contributed by atoms with Crippen molar-refractivity contribution in [2.75, 3.05) is 47.5 Å². The van der Waals surface area contributed by atoms with Crippen molar-refractivity contribution in [1.82, 2.24) is 10.2 Å². The summed E-state index contributed by atoms with van der Waals surface area (Å²) in [5, 5.41) is 4.39. The second kappa shape index (κ2) is 10.4. The first-order chi connectivity index (χ1) is 14.4. The number of fused-ring (bicyclic) bond motifs is 1. The van der Waals surface area contributed by atoms with E-state index in [4.69, 9.17) is 25.8 Å². The van der Waals surface area contributed by atoms with Crippen LogP contribution in [0.25, 0.3) is 0 Å². The molecule has 0 spiro atoms. The Balaban J connectivity index is 1.96. The molecule has 0 saturated carbocycles. The molecule has 1 N–H and O–H groups in total. The van der Waals surface area contributed by atoms with Crippen molar-refractivity contribution in [2.24, 2.45) is 0 Å². The van der Waals surface area contributed by atoms with Gasteiger partial charge in [0.1, 0.15) is 5.75 Å². The van der Waals surface area contributed by atoms with E-state index in [-0.39, 0.29) is 6.04 Å². The zero-order valence-corrected chi connectivity index (χ0v) is 19.4. The van der Waals surface area contributed by atoms with Crippen LogP contribution in [-0.4, -0.2) is 52.4 Å². The third kappa shape index (κ3) is 5.20. The molecular weight excluding hydrogens is 400 g/mol. The predicted molar refractivity (Wildman–Crippen MR) is 123 cm³/mol.